The average Bonchev–Trinajstić information content (AvgIpc) is 2.16. The number of rotatable bonds is 4. The minimum absolute atomic E-state index is 0.166. The van der Waals surface area contributed by atoms with Crippen molar-refractivity contribution in [3.05, 3.63) is 24.0 Å². The third-order valence-corrected chi connectivity index (χ3v) is 1.99. The van der Waals surface area contributed by atoms with Gasteiger partial charge >= 0.3 is 0 Å². The Morgan fingerprint density at radius 1 is 1.47 bits per heavy atom. The Hall–Kier alpha value is -1.56. The minimum atomic E-state index is 0.166. The van der Waals surface area contributed by atoms with Gasteiger partial charge in [0.2, 0.25) is 0 Å². The van der Waals surface area contributed by atoms with Crippen LogP contribution in [0.3, 0.4) is 0 Å². The Morgan fingerprint density at radius 3 is 2.80 bits per heavy atom. The van der Waals surface area contributed by atoms with Crippen LogP contribution < -0.4 is 4.74 Å². The lowest BCUT2D eigenvalue weighted by Gasteiger charge is -2.16. The molecule has 1 rings (SSSR count). The molecule has 0 bridgehead atoms. The minimum Gasteiger partial charge on any atom is -0.491 e. The fourth-order valence-corrected chi connectivity index (χ4v) is 1.49. The van der Waals surface area contributed by atoms with Gasteiger partial charge in [0, 0.05) is 12.3 Å². The van der Waals surface area contributed by atoms with E-state index >= 15 is 0 Å². The van der Waals surface area contributed by atoms with Crippen molar-refractivity contribution in [2.24, 2.45) is 5.92 Å². The molecule has 80 valence electrons. The van der Waals surface area contributed by atoms with E-state index in [0.717, 1.165) is 12.2 Å². The number of hydrogen-bond acceptors (Lipinski definition) is 3. The smallest absolute Gasteiger partial charge is 0.144 e. The first-order chi connectivity index (χ1) is 7.11. The van der Waals surface area contributed by atoms with Crippen LogP contribution in [0.2, 0.25) is 0 Å². The summed E-state index contributed by atoms with van der Waals surface area (Å²) in [5, 5.41) is 8.67. The number of ether oxygens (including phenoxy) is 1. The van der Waals surface area contributed by atoms with Crippen LogP contribution >= 0.6 is 0 Å². The summed E-state index contributed by atoms with van der Waals surface area (Å²) in [6.07, 6.45) is 2.76. The fraction of sp³-hybridized carbons (Fsp3) is 0.500. The van der Waals surface area contributed by atoms with E-state index in [1.54, 1.807) is 18.3 Å². The second-order valence-electron chi connectivity index (χ2n) is 4.05. The molecule has 0 spiro atoms. The first kappa shape index (κ1) is 11.5. The highest BCUT2D eigenvalue weighted by molar-refractivity contribution is 5.29. The molecular weight excluding hydrogens is 188 g/mol. The van der Waals surface area contributed by atoms with Gasteiger partial charge in [0.25, 0.3) is 0 Å². The molecule has 0 radical (unpaired) electrons. The van der Waals surface area contributed by atoms with Gasteiger partial charge in [0.05, 0.1) is 6.10 Å². The van der Waals surface area contributed by atoms with E-state index in [1.165, 1.54) is 0 Å². The summed E-state index contributed by atoms with van der Waals surface area (Å²) < 4.78 is 5.68. The first-order valence-electron chi connectivity index (χ1n) is 5.14. The molecule has 15 heavy (non-hydrogen) atoms. The lowest BCUT2D eigenvalue weighted by atomic mass is 10.1. The zero-order chi connectivity index (χ0) is 11.3. The SMILES string of the molecule is CC(C)CC(C)Oc1ccnc(C#N)c1. The standard InChI is InChI=1S/C12H16N2O/c1-9(2)6-10(3)15-12-4-5-14-11(7-12)8-13/h4-5,7,9-10H,6H2,1-3H3. The third kappa shape index (κ3) is 3.99. The summed E-state index contributed by atoms with van der Waals surface area (Å²) in [7, 11) is 0. The topological polar surface area (TPSA) is 45.9 Å². The number of hydrogen-bond donors (Lipinski definition) is 0. The van der Waals surface area contributed by atoms with E-state index in [4.69, 9.17) is 10.00 Å². The van der Waals surface area contributed by atoms with E-state index in [-0.39, 0.29) is 6.10 Å². The quantitative estimate of drug-likeness (QED) is 0.757. The molecule has 0 aromatic carbocycles. The summed E-state index contributed by atoms with van der Waals surface area (Å²) >= 11 is 0. The van der Waals surface area contributed by atoms with Crippen molar-refractivity contribution in [3.63, 3.8) is 0 Å². The van der Waals surface area contributed by atoms with E-state index in [2.05, 4.69) is 18.8 Å². The number of aromatic nitrogens is 1. The molecular formula is C12H16N2O. The summed E-state index contributed by atoms with van der Waals surface area (Å²) in [5.74, 6) is 1.33. The molecule has 1 heterocycles. The number of pyridine rings is 1. The second-order valence-corrected chi connectivity index (χ2v) is 4.05. The third-order valence-electron chi connectivity index (χ3n) is 1.99. The average molecular weight is 204 g/mol. The largest absolute Gasteiger partial charge is 0.491 e. The molecule has 1 aromatic rings. The van der Waals surface area contributed by atoms with Crippen molar-refractivity contribution in [1.82, 2.24) is 4.98 Å². The maximum absolute atomic E-state index is 8.67. The highest BCUT2D eigenvalue weighted by atomic mass is 16.5. The normalized spacial score (nSPS) is 12.2. The van der Waals surface area contributed by atoms with Gasteiger partial charge in [-0.15, -0.1) is 0 Å². The summed E-state index contributed by atoms with van der Waals surface area (Å²) in [4.78, 5) is 3.88. The molecule has 0 amide bonds. The molecule has 0 N–H and O–H groups in total. The second kappa shape index (κ2) is 5.35. The molecule has 0 aliphatic rings. The van der Waals surface area contributed by atoms with Crippen molar-refractivity contribution in [3.8, 4) is 11.8 Å². The molecule has 0 saturated carbocycles. The van der Waals surface area contributed by atoms with Gasteiger partial charge in [-0.05, 0) is 25.3 Å². The fourth-order valence-electron chi connectivity index (χ4n) is 1.49. The summed E-state index contributed by atoms with van der Waals surface area (Å²) in [6.45, 7) is 6.35. The molecule has 1 unspecified atom stereocenters. The molecule has 0 aliphatic heterocycles. The number of nitrogens with zero attached hydrogens (tertiary/aromatic N) is 2. The molecule has 1 atom stereocenters. The molecule has 0 saturated heterocycles. The van der Waals surface area contributed by atoms with Gasteiger partial charge in [0.15, 0.2) is 0 Å². The maximum atomic E-state index is 8.67. The van der Waals surface area contributed by atoms with Crippen LogP contribution in [0.25, 0.3) is 0 Å². The molecule has 3 heteroatoms. The van der Waals surface area contributed by atoms with Gasteiger partial charge in [-0.1, -0.05) is 13.8 Å². The predicted octanol–water partition coefficient (Wildman–Crippen LogP) is 2.77. The van der Waals surface area contributed by atoms with Crippen LogP contribution in [-0.2, 0) is 0 Å². The zero-order valence-corrected chi connectivity index (χ0v) is 9.40. The lowest BCUT2D eigenvalue weighted by Crippen LogP contribution is -2.14. The van der Waals surface area contributed by atoms with Crippen LogP contribution in [-0.4, -0.2) is 11.1 Å². The van der Waals surface area contributed by atoms with E-state index in [9.17, 15) is 0 Å². The van der Waals surface area contributed by atoms with Gasteiger partial charge < -0.3 is 4.74 Å². The van der Waals surface area contributed by atoms with E-state index < -0.39 is 0 Å². The van der Waals surface area contributed by atoms with Crippen molar-refractivity contribution in [2.75, 3.05) is 0 Å². The number of nitriles is 1. The van der Waals surface area contributed by atoms with Crippen LogP contribution in [0.5, 0.6) is 5.75 Å². The van der Waals surface area contributed by atoms with Crippen molar-refractivity contribution in [2.45, 2.75) is 33.3 Å². The molecule has 0 fully saturated rings. The highest BCUT2D eigenvalue weighted by Crippen LogP contribution is 2.15. The molecule has 0 aliphatic carbocycles. The van der Waals surface area contributed by atoms with Crippen molar-refractivity contribution in [1.29, 1.82) is 5.26 Å². The van der Waals surface area contributed by atoms with Crippen molar-refractivity contribution < 1.29 is 4.74 Å². The zero-order valence-electron chi connectivity index (χ0n) is 9.40. The summed E-state index contributed by atoms with van der Waals surface area (Å²) in [5.41, 5.74) is 0.393. The lowest BCUT2D eigenvalue weighted by molar-refractivity contribution is 0.193. The van der Waals surface area contributed by atoms with E-state index in [0.29, 0.717) is 11.6 Å². The van der Waals surface area contributed by atoms with Crippen LogP contribution in [0, 0.1) is 17.2 Å². The van der Waals surface area contributed by atoms with Gasteiger partial charge in [-0.2, -0.15) is 5.26 Å². The monoisotopic (exact) mass is 204 g/mol. The van der Waals surface area contributed by atoms with E-state index in [1.807, 2.05) is 13.0 Å². The Bertz CT molecular complexity index is 355. The summed E-state index contributed by atoms with van der Waals surface area (Å²) in [6, 6.07) is 5.43. The van der Waals surface area contributed by atoms with Crippen molar-refractivity contribution >= 4 is 0 Å². The maximum Gasteiger partial charge on any atom is 0.144 e. The Morgan fingerprint density at radius 2 is 2.20 bits per heavy atom. The van der Waals surface area contributed by atoms with Crippen LogP contribution in [0.15, 0.2) is 18.3 Å². The van der Waals surface area contributed by atoms with Crippen LogP contribution in [0.1, 0.15) is 32.9 Å². The van der Waals surface area contributed by atoms with Gasteiger partial charge in [-0.25, -0.2) is 4.98 Å². The molecule has 3 nitrogen and oxygen atoms in total. The Kier molecular flexibility index (Phi) is 4.11. The Balaban J connectivity index is 2.60. The predicted molar refractivity (Wildman–Crippen MR) is 58.5 cm³/mol. The van der Waals surface area contributed by atoms with Gasteiger partial charge in [0.1, 0.15) is 17.5 Å². The highest BCUT2D eigenvalue weighted by Gasteiger charge is 2.07. The van der Waals surface area contributed by atoms with Gasteiger partial charge in [-0.3, -0.25) is 0 Å². The Labute approximate surface area is 90.7 Å². The molecule has 1 aromatic heterocycles. The van der Waals surface area contributed by atoms with Crippen LogP contribution in [0.4, 0.5) is 0 Å². The first-order valence-corrected chi connectivity index (χ1v) is 5.14.